The fraction of sp³-hybridized carbons (Fsp3) is 0.235. The van der Waals surface area contributed by atoms with Gasteiger partial charge in [0.1, 0.15) is 0 Å². The van der Waals surface area contributed by atoms with Crippen LogP contribution in [0.25, 0.3) is 0 Å². The number of fused-ring (bicyclic) bond motifs is 1. The Morgan fingerprint density at radius 1 is 1.17 bits per heavy atom. The molecule has 0 aliphatic carbocycles. The second-order valence-electron chi connectivity index (χ2n) is 5.91. The van der Waals surface area contributed by atoms with E-state index in [0.717, 1.165) is 11.3 Å². The van der Waals surface area contributed by atoms with Crippen molar-refractivity contribution in [3.8, 4) is 0 Å². The molecule has 1 N–H and O–H groups in total. The summed E-state index contributed by atoms with van der Waals surface area (Å²) in [6.45, 7) is 3.79. The van der Waals surface area contributed by atoms with Crippen LogP contribution in [-0.4, -0.2) is 23.8 Å². The Morgan fingerprint density at radius 2 is 1.83 bits per heavy atom. The Bertz CT molecular complexity index is 760. The van der Waals surface area contributed by atoms with E-state index in [1.807, 2.05) is 32.0 Å². The van der Waals surface area contributed by atoms with Crippen LogP contribution >= 0.6 is 12.4 Å². The molecule has 3 rings (SSSR count). The van der Waals surface area contributed by atoms with Crippen LogP contribution in [0.3, 0.4) is 0 Å². The maximum absolute atomic E-state index is 12.3. The normalized spacial score (nSPS) is 14.9. The van der Waals surface area contributed by atoms with Gasteiger partial charge >= 0.3 is 0 Å². The summed E-state index contributed by atoms with van der Waals surface area (Å²) in [7, 11) is 1.77. The number of nitrogens with one attached hydrogen (secondary N) is 1. The predicted molar refractivity (Wildman–Crippen MR) is 92.3 cm³/mol. The van der Waals surface area contributed by atoms with E-state index in [9.17, 15) is 9.59 Å². The molecule has 1 aromatic heterocycles. The monoisotopic (exact) mass is 331 g/mol. The molecule has 0 radical (unpaired) electrons. The lowest BCUT2D eigenvalue weighted by atomic mass is 9.86. The Morgan fingerprint density at radius 3 is 2.48 bits per heavy atom. The number of likely N-dealkylation sites (N-methyl/N-ethyl adjacent to an activating group) is 1. The van der Waals surface area contributed by atoms with E-state index in [1.165, 1.54) is 0 Å². The number of carbonyl (C=O) groups is 2. The standard InChI is InChI=1S/C17H17N3O2.ClH/c1-17(2)13-10-12(4-5-14(13)20(3)16(17)22)19-15(21)11-6-8-18-9-7-11;/h4-10H,1-3H3,(H,19,21);1H. The molecule has 5 nitrogen and oxygen atoms in total. The summed E-state index contributed by atoms with van der Waals surface area (Å²) < 4.78 is 0. The lowest BCUT2D eigenvalue weighted by Crippen LogP contribution is -2.33. The van der Waals surface area contributed by atoms with Gasteiger partial charge in [-0.2, -0.15) is 0 Å². The summed E-state index contributed by atoms with van der Waals surface area (Å²) in [6, 6.07) is 8.86. The molecule has 0 spiro atoms. The smallest absolute Gasteiger partial charge is 0.255 e. The van der Waals surface area contributed by atoms with Gasteiger partial charge in [-0.05, 0) is 49.7 Å². The quantitative estimate of drug-likeness (QED) is 0.920. The fourth-order valence-corrected chi connectivity index (χ4v) is 2.76. The van der Waals surface area contributed by atoms with Gasteiger partial charge in [0.25, 0.3) is 5.91 Å². The van der Waals surface area contributed by atoms with Gasteiger partial charge in [-0.15, -0.1) is 12.4 Å². The van der Waals surface area contributed by atoms with Crippen LogP contribution in [0.15, 0.2) is 42.7 Å². The van der Waals surface area contributed by atoms with Crippen LogP contribution in [-0.2, 0) is 10.2 Å². The molecule has 1 aliphatic heterocycles. The summed E-state index contributed by atoms with van der Waals surface area (Å²) in [4.78, 5) is 30.0. The minimum absolute atomic E-state index is 0. The van der Waals surface area contributed by atoms with Gasteiger partial charge in [-0.1, -0.05) is 0 Å². The van der Waals surface area contributed by atoms with E-state index in [4.69, 9.17) is 0 Å². The highest BCUT2D eigenvalue weighted by Gasteiger charge is 2.42. The number of pyridine rings is 1. The van der Waals surface area contributed by atoms with Gasteiger partial charge in [0.15, 0.2) is 0 Å². The Kier molecular flexibility index (Phi) is 4.43. The molecule has 1 aliphatic rings. The molecule has 0 unspecified atom stereocenters. The number of amides is 2. The zero-order valence-electron chi connectivity index (χ0n) is 13.2. The molecule has 23 heavy (non-hydrogen) atoms. The average molecular weight is 332 g/mol. The van der Waals surface area contributed by atoms with Gasteiger partial charge in [0, 0.05) is 36.4 Å². The summed E-state index contributed by atoms with van der Waals surface area (Å²) in [5.74, 6) is -0.141. The number of aromatic nitrogens is 1. The molecule has 2 amide bonds. The molecule has 1 aromatic carbocycles. The van der Waals surface area contributed by atoms with Crippen molar-refractivity contribution in [3.05, 3.63) is 53.9 Å². The zero-order valence-corrected chi connectivity index (χ0v) is 14.0. The van der Waals surface area contributed by atoms with Crippen LogP contribution < -0.4 is 10.2 Å². The maximum Gasteiger partial charge on any atom is 0.255 e. The van der Waals surface area contributed by atoms with Crippen molar-refractivity contribution >= 4 is 35.6 Å². The molecule has 2 heterocycles. The Balaban J connectivity index is 0.00000192. The van der Waals surface area contributed by atoms with E-state index in [1.54, 1.807) is 36.5 Å². The minimum Gasteiger partial charge on any atom is -0.322 e. The van der Waals surface area contributed by atoms with Crippen LogP contribution in [0.5, 0.6) is 0 Å². The van der Waals surface area contributed by atoms with Gasteiger partial charge in [0.05, 0.1) is 5.41 Å². The highest BCUT2D eigenvalue weighted by Crippen LogP contribution is 2.41. The number of hydrogen-bond acceptors (Lipinski definition) is 3. The van der Waals surface area contributed by atoms with Crippen molar-refractivity contribution < 1.29 is 9.59 Å². The number of carbonyl (C=O) groups excluding carboxylic acids is 2. The van der Waals surface area contributed by atoms with Crippen molar-refractivity contribution in [3.63, 3.8) is 0 Å². The second-order valence-corrected chi connectivity index (χ2v) is 5.91. The van der Waals surface area contributed by atoms with Crippen LogP contribution in [0, 0.1) is 0 Å². The van der Waals surface area contributed by atoms with E-state index in [2.05, 4.69) is 10.3 Å². The highest BCUT2D eigenvalue weighted by atomic mass is 35.5. The van der Waals surface area contributed by atoms with Crippen molar-refractivity contribution in [2.75, 3.05) is 17.3 Å². The number of rotatable bonds is 2. The number of halogens is 1. The third kappa shape index (κ3) is 2.80. The van der Waals surface area contributed by atoms with Gasteiger partial charge < -0.3 is 10.2 Å². The molecular formula is C17H18ClN3O2. The predicted octanol–water partition coefficient (Wildman–Crippen LogP) is 3.01. The molecule has 0 bridgehead atoms. The molecule has 0 fully saturated rings. The van der Waals surface area contributed by atoms with Crippen LogP contribution in [0.4, 0.5) is 11.4 Å². The number of nitrogens with zero attached hydrogens (tertiary/aromatic N) is 2. The van der Waals surface area contributed by atoms with Gasteiger partial charge in [-0.3, -0.25) is 14.6 Å². The highest BCUT2D eigenvalue weighted by molar-refractivity contribution is 6.08. The molecule has 0 saturated heterocycles. The largest absolute Gasteiger partial charge is 0.322 e. The van der Waals surface area contributed by atoms with E-state index < -0.39 is 5.41 Å². The Hall–Kier alpha value is -2.40. The maximum atomic E-state index is 12.3. The molecule has 0 atom stereocenters. The summed E-state index contributed by atoms with van der Waals surface area (Å²) >= 11 is 0. The topological polar surface area (TPSA) is 62.3 Å². The molecule has 6 heteroatoms. The van der Waals surface area contributed by atoms with Crippen molar-refractivity contribution in [1.29, 1.82) is 0 Å². The molecule has 0 saturated carbocycles. The first-order chi connectivity index (χ1) is 10.4. The molecule has 2 aromatic rings. The van der Waals surface area contributed by atoms with Crippen molar-refractivity contribution in [2.24, 2.45) is 0 Å². The van der Waals surface area contributed by atoms with E-state index >= 15 is 0 Å². The summed E-state index contributed by atoms with van der Waals surface area (Å²) in [5, 5.41) is 2.86. The number of benzene rings is 1. The first kappa shape index (κ1) is 17.0. The fourth-order valence-electron chi connectivity index (χ4n) is 2.76. The minimum atomic E-state index is -0.582. The van der Waals surface area contributed by atoms with Crippen LogP contribution in [0.2, 0.25) is 0 Å². The van der Waals surface area contributed by atoms with Crippen molar-refractivity contribution in [2.45, 2.75) is 19.3 Å². The zero-order chi connectivity index (χ0) is 15.9. The summed E-state index contributed by atoms with van der Waals surface area (Å²) in [6.07, 6.45) is 3.16. The van der Waals surface area contributed by atoms with Gasteiger partial charge in [-0.25, -0.2) is 0 Å². The SMILES string of the molecule is CN1C(=O)C(C)(C)c2cc(NC(=O)c3ccncc3)ccc21.Cl. The third-order valence-corrected chi connectivity index (χ3v) is 4.07. The van der Waals surface area contributed by atoms with Crippen LogP contribution in [0.1, 0.15) is 29.8 Å². The Labute approximate surface area is 141 Å². The summed E-state index contributed by atoms with van der Waals surface area (Å²) in [5.41, 5.74) is 2.45. The average Bonchev–Trinajstić information content (AvgIpc) is 2.69. The van der Waals surface area contributed by atoms with E-state index in [-0.39, 0.29) is 24.2 Å². The first-order valence-corrected chi connectivity index (χ1v) is 7.05. The lowest BCUT2D eigenvalue weighted by Gasteiger charge is -2.16. The lowest BCUT2D eigenvalue weighted by molar-refractivity contribution is -0.121. The van der Waals surface area contributed by atoms with Crippen molar-refractivity contribution in [1.82, 2.24) is 4.98 Å². The third-order valence-electron chi connectivity index (χ3n) is 4.07. The van der Waals surface area contributed by atoms with Gasteiger partial charge in [0.2, 0.25) is 5.91 Å². The second kappa shape index (κ2) is 6.01. The number of hydrogen-bond donors (Lipinski definition) is 1. The molecular weight excluding hydrogens is 314 g/mol. The molecule has 120 valence electrons. The first-order valence-electron chi connectivity index (χ1n) is 7.05. The number of anilines is 2. The van der Waals surface area contributed by atoms with E-state index in [0.29, 0.717) is 11.3 Å².